The van der Waals surface area contributed by atoms with E-state index in [0.717, 1.165) is 25.9 Å². The molecule has 1 aromatic carbocycles. The van der Waals surface area contributed by atoms with Crippen LogP contribution in [-0.4, -0.2) is 24.8 Å². The van der Waals surface area contributed by atoms with E-state index in [1.54, 1.807) is 12.1 Å². The molecule has 0 bridgehead atoms. The zero-order valence-electron chi connectivity index (χ0n) is 10.9. The van der Waals surface area contributed by atoms with Crippen LogP contribution in [0.4, 0.5) is 15.8 Å². The van der Waals surface area contributed by atoms with Crippen LogP contribution in [0.15, 0.2) is 18.2 Å². The number of rotatable bonds is 4. The number of amides is 1. The first-order valence-electron chi connectivity index (χ1n) is 6.40. The van der Waals surface area contributed by atoms with E-state index in [-0.39, 0.29) is 18.0 Å². The molecule has 1 aliphatic rings. The van der Waals surface area contributed by atoms with Crippen LogP contribution in [0.1, 0.15) is 26.2 Å². The molecule has 1 heterocycles. The third-order valence-corrected chi connectivity index (χ3v) is 3.09. The lowest BCUT2D eigenvalue weighted by Crippen LogP contribution is -2.19. The number of benzene rings is 1. The van der Waals surface area contributed by atoms with Crippen molar-refractivity contribution in [1.82, 2.24) is 0 Å². The normalized spacial score (nSPS) is 14.5. The fourth-order valence-electron chi connectivity index (χ4n) is 2.23. The highest BCUT2D eigenvalue weighted by atomic mass is 19.1. The first-order chi connectivity index (χ1) is 9.06. The minimum atomic E-state index is -0.416. The van der Waals surface area contributed by atoms with E-state index in [1.807, 2.05) is 4.90 Å². The van der Waals surface area contributed by atoms with E-state index in [0.29, 0.717) is 11.4 Å². The molecule has 0 radical (unpaired) electrons. The van der Waals surface area contributed by atoms with Crippen LogP contribution >= 0.6 is 0 Å². The summed E-state index contributed by atoms with van der Waals surface area (Å²) < 4.78 is 14.0. The molecule has 4 nitrogen and oxygen atoms in total. The van der Waals surface area contributed by atoms with Gasteiger partial charge in [-0.1, -0.05) is 0 Å². The average Bonchev–Trinajstić information content (AvgIpc) is 2.81. The molecule has 0 saturated carbocycles. The number of carbonyl (C=O) groups is 2. The topological polar surface area (TPSA) is 49.4 Å². The Hall–Kier alpha value is -1.91. The van der Waals surface area contributed by atoms with Crippen molar-refractivity contribution in [3.05, 3.63) is 24.0 Å². The lowest BCUT2D eigenvalue weighted by molar-refractivity contribution is -0.124. The van der Waals surface area contributed by atoms with Crippen molar-refractivity contribution in [2.75, 3.05) is 23.3 Å². The Morgan fingerprint density at radius 3 is 2.58 bits per heavy atom. The summed E-state index contributed by atoms with van der Waals surface area (Å²) in [4.78, 5) is 24.2. The van der Waals surface area contributed by atoms with E-state index in [9.17, 15) is 14.0 Å². The molecule has 0 spiro atoms. The summed E-state index contributed by atoms with van der Waals surface area (Å²) in [6.45, 7) is 3.08. The van der Waals surface area contributed by atoms with Crippen molar-refractivity contribution in [2.45, 2.75) is 26.2 Å². The Kier molecular flexibility index (Phi) is 4.14. The van der Waals surface area contributed by atoms with Crippen molar-refractivity contribution < 1.29 is 14.0 Å². The average molecular weight is 264 g/mol. The Balaban J connectivity index is 2.06. The number of Topliss-reactive ketones (excluding diaryl/α,β-unsaturated/α-hetero) is 1. The molecule has 1 amide bonds. The van der Waals surface area contributed by atoms with E-state index < -0.39 is 5.91 Å². The lowest BCUT2D eigenvalue weighted by Gasteiger charge is -2.18. The van der Waals surface area contributed by atoms with Gasteiger partial charge in [0.15, 0.2) is 0 Å². The lowest BCUT2D eigenvalue weighted by atomic mass is 10.2. The quantitative estimate of drug-likeness (QED) is 0.849. The second-order valence-electron chi connectivity index (χ2n) is 4.79. The van der Waals surface area contributed by atoms with E-state index >= 15 is 0 Å². The van der Waals surface area contributed by atoms with E-state index in [1.165, 1.54) is 13.0 Å². The van der Waals surface area contributed by atoms with Gasteiger partial charge in [0.05, 0.1) is 12.1 Å². The van der Waals surface area contributed by atoms with Crippen LogP contribution in [-0.2, 0) is 9.59 Å². The molecule has 2 rings (SSSR count). The smallest absolute Gasteiger partial charge is 0.231 e. The van der Waals surface area contributed by atoms with E-state index in [2.05, 4.69) is 5.32 Å². The predicted octanol–water partition coefficient (Wildman–Crippen LogP) is 2.34. The molecule has 1 aliphatic heterocycles. The highest BCUT2D eigenvalue weighted by molar-refractivity contribution is 6.03. The maximum Gasteiger partial charge on any atom is 0.231 e. The van der Waals surface area contributed by atoms with Gasteiger partial charge < -0.3 is 10.2 Å². The zero-order valence-corrected chi connectivity index (χ0v) is 10.9. The summed E-state index contributed by atoms with van der Waals surface area (Å²) in [5.41, 5.74) is 0.953. The zero-order chi connectivity index (χ0) is 13.8. The van der Waals surface area contributed by atoms with Gasteiger partial charge in [-0.25, -0.2) is 4.39 Å². The third-order valence-electron chi connectivity index (χ3n) is 3.09. The number of anilines is 2. The van der Waals surface area contributed by atoms with Crippen molar-refractivity contribution >= 4 is 23.1 Å². The van der Waals surface area contributed by atoms with Gasteiger partial charge >= 0.3 is 0 Å². The second kappa shape index (κ2) is 5.82. The number of carbonyl (C=O) groups excluding carboxylic acids is 2. The number of nitrogens with one attached hydrogen (secondary N) is 1. The van der Waals surface area contributed by atoms with Gasteiger partial charge in [-0.15, -0.1) is 0 Å². The maximum absolute atomic E-state index is 14.0. The first kappa shape index (κ1) is 13.5. The van der Waals surface area contributed by atoms with Crippen molar-refractivity contribution in [2.24, 2.45) is 0 Å². The largest absolute Gasteiger partial charge is 0.369 e. The van der Waals surface area contributed by atoms with Crippen LogP contribution in [0.5, 0.6) is 0 Å². The molecule has 0 aromatic heterocycles. The van der Waals surface area contributed by atoms with Crippen LogP contribution in [0.25, 0.3) is 0 Å². The molecule has 5 heteroatoms. The SMILES string of the molecule is CC(=O)CC(=O)Nc1ccc(N2CCCC2)c(F)c1. The Bertz CT molecular complexity index is 496. The Labute approximate surface area is 111 Å². The van der Waals surface area contributed by atoms with Crippen LogP contribution in [0.3, 0.4) is 0 Å². The van der Waals surface area contributed by atoms with Gasteiger partial charge in [-0.2, -0.15) is 0 Å². The number of ketones is 1. The molecule has 0 aliphatic carbocycles. The molecule has 1 fully saturated rings. The Morgan fingerprint density at radius 2 is 2.00 bits per heavy atom. The monoisotopic (exact) mass is 264 g/mol. The molecule has 0 unspecified atom stereocenters. The van der Waals surface area contributed by atoms with Gasteiger partial charge in [0.2, 0.25) is 5.91 Å². The minimum absolute atomic E-state index is 0.185. The second-order valence-corrected chi connectivity index (χ2v) is 4.79. The van der Waals surface area contributed by atoms with Gasteiger partial charge in [0.25, 0.3) is 0 Å². The van der Waals surface area contributed by atoms with Crippen molar-refractivity contribution in [3.63, 3.8) is 0 Å². The number of hydrogen-bond acceptors (Lipinski definition) is 3. The van der Waals surface area contributed by atoms with E-state index in [4.69, 9.17) is 0 Å². The highest BCUT2D eigenvalue weighted by Gasteiger charge is 2.16. The Morgan fingerprint density at radius 1 is 1.32 bits per heavy atom. The molecule has 102 valence electrons. The summed E-state index contributed by atoms with van der Waals surface area (Å²) in [7, 11) is 0. The van der Waals surface area contributed by atoms with Gasteiger partial charge in [0.1, 0.15) is 11.6 Å². The molecule has 1 aromatic rings. The molecule has 1 N–H and O–H groups in total. The van der Waals surface area contributed by atoms with Crippen LogP contribution in [0, 0.1) is 5.82 Å². The summed E-state index contributed by atoms with van der Waals surface area (Å²) >= 11 is 0. The van der Waals surface area contributed by atoms with Gasteiger partial charge in [0, 0.05) is 18.8 Å². The van der Waals surface area contributed by atoms with Gasteiger partial charge in [-0.3, -0.25) is 9.59 Å². The number of nitrogens with zero attached hydrogens (tertiary/aromatic N) is 1. The highest BCUT2D eigenvalue weighted by Crippen LogP contribution is 2.26. The third kappa shape index (κ3) is 3.53. The van der Waals surface area contributed by atoms with Crippen molar-refractivity contribution in [3.8, 4) is 0 Å². The standard InChI is InChI=1S/C14H17FN2O2/c1-10(18)8-14(19)16-11-4-5-13(12(15)9-11)17-6-2-3-7-17/h4-5,9H,2-3,6-8H2,1H3,(H,16,19). The summed E-state index contributed by atoms with van der Waals surface area (Å²) in [6, 6.07) is 4.63. The predicted molar refractivity (Wildman–Crippen MR) is 71.8 cm³/mol. The number of hydrogen-bond donors (Lipinski definition) is 1. The molecule has 19 heavy (non-hydrogen) atoms. The first-order valence-corrected chi connectivity index (χ1v) is 6.40. The van der Waals surface area contributed by atoms with Gasteiger partial charge in [-0.05, 0) is 38.0 Å². The fourth-order valence-corrected chi connectivity index (χ4v) is 2.23. The number of halogens is 1. The molecular weight excluding hydrogens is 247 g/mol. The molecule has 0 atom stereocenters. The fraction of sp³-hybridized carbons (Fsp3) is 0.429. The summed E-state index contributed by atoms with van der Waals surface area (Å²) in [5, 5.41) is 2.51. The summed E-state index contributed by atoms with van der Waals surface area (Å²) in [6.07, 6.45) is 1.97. The molecular formula is C14H17FN2O2. The van der Waals surface area contributed by atoms with Crippen LogP contribution in [0.2, 0.25) is 0 Å². The van der Waals surface area contributed by atoms with Crippen LogP contribution < -0.4 is 10.2 Å². The summed E-state index contributed by atoms with van der Waals surface area (Å²) in [5.74, 6) is -0.977. The molecule has 1 saturated heterocycles. The maximum atomic E-state index is 14.0. The van der Waals surface area contributed by atoms with Crippen molar-refractivity contribution in [1.29, 1.82) is 0 Å². The minimum Gasteiger partial charge on any atom is -0.369 e.